The van der Waals surface area contributed by atoms with Gasteiger partial charge in [0.25, 0.3) is 11.8 Å². The third kappa shape index (κ3) is 5.12. The highest BCUT2D eigenvalue weighted by Gasteiger charge is 2.42. The number of nitrogens with one attached hydrogen (secondary N) is 2. The second-order valence-corrected chi connectivity index (χ2v) is 6.97. The summed E-state index contributed by atoms with van der Waals surface area (Å²) >= 11 is 0. The fraction of sp³-hybridized carbons (Fsp3) is 0.333. The van der Waals surface area contributed by atoms with Gasteiger partial charge in [0.15, 0.2) is 0 Å². The molecule has 4 nitrogen and oxygen atoms in total. The Morgan fingerprint density at radius 1 is 0.857 bits per heavy atom. The first-order valence-electron chi connectivity index (χ1n) is 9.17. The van der Waals surface area contributed by atoms with E-state index in [0.717, 1.165) is 0 Å². The molecule has 0 heterocycles. The number of halogens is 3. The Morgan fingerprint density at radius 2 is 1.50 bits per heavy atom. The average Bonchev–Trinajstić information content (AvgIpc) is 2.69. The summed E-state index contributed by atoms with van der Waals surface area (Å²) in [6.07, 6.45) is -3.20. The van der Waals surface area contributed by atoms with Gasteiger partial charge < -0.3 is 10.6 Å². The highest BCUT2D eigenvalue weighted by molar-refractivity contribution is 6.04. The lowest BCUT2D eigenvalue weighted by atomic mass is 9.85. The summed E-state index contributed by atoms with van der Waals surface area (Å²) in [5, 5.41) is 5.43. The number of hydrogen-bond acceptors (Lipinski definition) is 2. The number of alkyl halides is 3. The maximum absolute atomic E-state index is 12.9. The fourth-order valence-electron chi connectivity index (χ4n) is 3.38. The molecule has 0 spiro atoms. The smallest absolute Gasteiger partial charge is 0.349 e. The molecule has 1 fully saturated rings. The minimum atomic E-state index is -4.22. The van der Waals surface area contributed by atoms with Crippen molar-refractivity contribution in [2.24, 2.45) is 5.92 Å². The van der Waals surface area contributed by atoms with Gasteiger partial charge in [0.1, 0.15) is 0 Å². The summed E-state index contributed by atoms with van der Waals surface area (Å²) in [6, 6.07) is 14.5. The molecule has 2 N–H and O–H groups in total. The van der Waals surface area contributed by atoms with Gasteiger partial charge >= 0.3 is 6.18 Å². The fourth-order valence-corrected chi connectivity index (χ4v) is 3.38. The van der Waals surface area contributed by atoms with Gasteiger partial charge in [0.05, 0.1) is 5.92 Å². The van der Waals surface area contributed by atoms with Gasteiger partial charge in [-0.3, -0.25) is 9.59 Å². The number of rotatable bonds is 4. The molecule has 2 aromatic carbocycles. The van der Waals surface area contributed by atoms with Gasteiger partial charge in [-0.25, -0.2) is 0 Å². The van der Waals surface area contributed by atoms with Crippen LogP contribution in [0.2, 0.25) is 0 Å². The van der Waals surface area contributed by atoms with E-state index in [-0.39, 0.29) is 18.7 Å². The van der Waals surface area contributed by atoms with Gasteiger partial charge in [-0.05, 0) is 55.7 Å². The molecule has 1 aliphatic carbocycles. The molecule has 148 valence electrons. The molecule has 0 bridgehead atoms. The Morgan fingerprint density at radius 3 is 2.14 bits per heavy atom. The van der Waals surface area contributed by atoms with Gasteiger partial charge in [0.2, 0.25) is 0 Å². The van der Waals surface area contributed by atoms with Crippen LogP contribution in [-0.2, 0) is 0 Å². The number of benzene rings is 2. The Balaban J connectivity index is 1.57. The lowest BCUT2D eigenvalue weighted by Crippen LogP contribution is -2.41. The van der Waals surface area contributed by atoms with Crippen LogP contribution in [0.15, 0.2) is 54.6 Å². The van der Waals surface area contributed by atoms with Crippen LogP contribution in [0.3, 0.4) is 0 Å². The summed E-state index contributed by atoms with van der Waals surface area (Å²) in [5.74, 6) is -2.03. The summed E-state index contributed by atoms with van der Waals surface area (Å²) < 4.78 is 38.7. The van der Waals surface area contributed by atoms with Crippen LogP contribution < -0.4 is 10.6 Å². The highest BCUT2D eigenvalue weighted by atomic mass is 19.4. The molecule has 0 unspecified atom stereocenters. The Hall–Kier alpha value is -2.83. The van der Waals surface area contributed by atoms with E-state index in [2.05, 4.69) is 10.6 Å². The lowest BCUT2D eigenvalue weighted by molar-refractivity contribution is -0.183. The topological polar surface area (TPSA) is 58.2 Å². The van der Waals surface area contributed by atoms with E-state index >= 15 is 0 Å². The number of hydrogen-bond donors (Lipinski definition) is 2. The standard InChI is InChI=1S/C21H21F3N2O2/c22-21(23,24)16-7-4-8-18(13-16)26-20(28)15-9-11-17(12-10-15)25-19(27)14-5-2-1-3-6-14/h1-3,5-6,9-12,16,18H,4,7-8,13H2,(H,25,27)(H,26,28)/t16-,18+/m1/s1. The van der Waals surface area contributed by atoms with E-state index in [1.165, 1.54) is 0 Å². The maximum Gasteiger partial charge on any atom is 0.391 e. The van der Waals surface area contributed by atoms with E-state index in [1.54, 1.807) is 48.5 Å². The van der Waals surface area contributed by atoms with E-state index in [0.29, 0.717) is 29.7 Å². The number of carbonyl (C=O) groups excluding carboxylic acids is 2. The quantitative estimate of drug-likeness (QED) is 0.789. The van der Waals surface area contributed by atoms with Crippen molar-refractivity contribution < 1.29 is 22.8 Å². The average molecular weight is 390 g/mol. The van der Waals surface area contributed by atoms with Gasteiger partial charge in [-0.15, -0.1) is 0 Å². The number of anilines is 1. The predicted octanol–water partition coefficient (Wildman–Crippen LogP) is 4.79. The molecule has 28 heavy (non-hydrogen) atoms. The maximum atomic E-state index is 12.9. The van der Waals surface area contributed by atoms with Crippen molar-refractivity contribution in [1.82, 2.24) is 5.32 Å². The van der Waals surface area contributed by atoms with Crippen LogP contribution in [0.25, 0.3) is 0 Å². The largest absolute Gasteiger partial charge is 0.391 e. The lowest BCUT2D eigenvalue weighted by Gasteiger charge is -2.31. The molecule has 7 heteroatoms. The van der Waals surface area contributed by atoms with Crippen molar-refractivity contribution in [1.29, 1.82) is 0 Å². The van der Waals surface area contributed by atoms with Crippen LogP contribution >= 0.6 is 0 Å². The van der Waals surface area contributed by atoms with Crippen molar-refractivity contribution in [2.45, 2.75) is 37.9 Å². The molecular formula is C21H21F3N2O2. The van der Waals surface area contributed by atoms with Gasteiger partial charge in [-0.2, -0.15) is 13.2 Å². The van der Waals surface area contributed by atoms with E-state index in [4.69, 9.17) is 0 Å². The highest BCUT2D eigenvalue weighted by Crippen LogP contribution is 2.37. The van der Waals surface area contributed by atoms with E-state index < -0.39 is 24.0 Å². The van der Waals surface area contributed by atoms with Crippen LogP contribution in [0.4, 0.5) is 18.9 Å². The molecule has 0 saturated heterocycles. The van der Waals surface area contributed by atoms with Gasteiger partial charge in [0, 0.05) is 22.9 Å². The normalized spacial score (nSPS) is 19.7. The minimum absolute atomic E-state index is 0.0829. The molecule has 0 radical (unpaired) electrons. The van der Waals surface area contributed by atoms with Crippen molar-refractivity contribution in [3.05, 3.63) is 65.7 Å². The molecule has 2 amide bonds. The first-order chi connectivity index (χ1) is 13.3. The second-order valence-electron chi connectivity index (χ2n) is 6.97. The molecular weight excluding hydrogens is 369 g/mol. The molecule has 0 aliphatic heterocycles. The summed E-state index contributed by atoms with van der Waals surface area (Å²) in [7, 11) is 0. The minimum Gasteiger partial charge on any atom is -0.349 e. The zero-order valence-electron chi connectivity index (χ0n) is 15.1. The monoisotopic (exact) mass is 390 g/mol. The predicted molar refractivity (Wildman–Crippen MR) is 100 cm³/mol. The van der Waals surface area contributed by atoms with Crippen LogP contribution in [0.1, 0.15) is 46.4 Å². The Labute approximate surface area is 161 Å². The SMILES string of the molecule is O=C(Nc1ccc(C(=O)N[C@H]2CCC[C@@H](C(F)(F)F)C2)cc1)c1ccccc1. The summed E-state index contributed by atoms with van der Waals surface area (Å²) in [6.45, 7) is 0. The summed E-state index contributed by atoms with van der Waals surface area (Å²) in [5.41, 5.74) is 1.38. The second kappa shape index (κ2) is 8.46. The zero-order valence-corrected chi connectivity index (χ0v) is 15.1. The van der Waals surface area contributed by atoms with Crippen molar-refractivity contribution in [3.63, 3.8) is 0 Å². The third-order valence-electron chi connectivity index (χ3n) is 4.91. The van der Waals surface area contributed by atoms with Gasteiger partial charge in [-0.1, -0.05) is 24.6 Å². The molecule has 3 rings (SSSR count). The number of amides is 2. The molecule has 2 atom stereocenters. The summed E-state index contributed by atoms with van der Waals surface area (Å²) in [4.78, 5) is 24.5. The Kier molecular flexibility index (Phi) is 6.02. The van der Waals surface area contributed by atoms with Crippen LogP contribution in [-0.4, -0.2) is 24.0 Å². The molecule has 1 saturated carbocycles. The Bertz CT molecular complexity index is 820. The van der Waals surface area contributed by atoms with Crippen molar-refractivity contribution in [2.75, 3.05) is 5.32 Å². The zero-order chi connectivity index (χ0) is 20.1. The van der Waals surface area contributed by atoms with Crippen molar-refractivity contribution >= 4 is 17.5 Å². The van der Waals surface area contributed by atoms with Crippen molar-refractivity contribution in [3.8, 4) is 0 Å². The number of carbonyl (C=O) groups is 2. The van der Waals surface area contributed by atoms with Crippen LogP contribution in [0, 0.1) is 5.92 Å². The molecule has 1 aliphatic rings. The first kappa shape index (κ1) is 19.9. The molecule has 2 aromatic rings. The van der Waals surface area contributed by atoms with Crippen LogP contribution in [0.5, 0.6) is 0 Å². The van der Waals surface area contributed by atoms with E-state index in [9.17, 15) is 22.8 Å². The molecule has 0 aromatic heterocycles. The van der Waals surface area contributed by atoms with E-state index in [1.807, 2.05) is 6.07 Å². The first-order valence-corrected chi connectivity index (χ1v) is 9.17. The third-order valence-corrected chi connectivity index (χ3v) is 4.91.